The second-order valence-electron chi connectivity index (χ2n) is 3.11. The zero-order valence-corrected chi connectivity index (χ0v) is 8.90. The molecule has 1 atom stereocenters. The van der Waals surface area contributed by atoms with E-state index in [4.69, 9.17) is 15.2 Å². The van der Waals surface area contributed by atoms with Gasteiger partial charge in [-0.05, 0) is 30.7 Å². The lowest BCUT2D eigenvalue weighted by molar-refractivity contribution is -0.135. The van der Waals surface area contributed by atoms with E-state index in [1.54, 1.807) is 31.4 Å². The van der Waals surface area contributed by atoms with E-state index in [0.717, 1.165) is 5.75 Å². The highest BCUT2D eigenvalue weighted by atomic mass is 16.5. The van der Waals surface area contributed by atoms with E-state index in [2.05, 4.69) is 0 Å². The van der Waals surface area contributed by atoms with Crippen LogP contribution in [0.1, 0.15) is 13.3 Å². The number of benzene rings is 1. The maximum atomic E-state index is 11.3. The molecular formula is C11H15NO3. The van der Waals surface area contributed by atoms with Gasteiger partial charge in [0.2, 0.25) is 0 Å². The number of carbonyl (C=O) groups excluding carboxylic acids is 1. The first-order chi connectivity index (χ1) is 7.17. The summed E-state index contributed by atoms with van der Waals surface area (Å²) < 4.78 is 10.0. The van der Waals surface area contributed by atoms with Crippen molar-refractivity contribution in [3.8, 4) is 11.5 Å². The van der Waals surface area contributed by atoms with Gasteiger partial charge in [-0.25, -0.2) is 4.79 Å². The van der Waals surface area contributed by atoms with E-state index in [-0.39, 0.29) is 0 Å². The third-order valence-electron chi connectivity index (χ3n) is 2.02. The minimum Gasteiger partial charge on any atom is -0.497 e. The fourth-order valence-electron chi connectivity index (χ4n) is 1.00. The van der Waals surface area contributed by atoms with E-state index < -0.39 is 12.0 Å². The average molecular weight is 209 g/mol. The molecule has 0 aliphatic heterocycles. The molecule has 0 spiro atoms. The van der Waals surface area contributed by atoms with Crippen LogP contribution in [0.5, 0.6) is 11.5 Å². The van der Waals surface area contributed by atoms with Gasteiger partial charge in [-0.1, -0.05) is 6.92 Å². The number of methoxy groups -OCH3 is 1. The SMILES string of the molecule is CCC(N)C(=O)Oc1ccc(OC)cc1. The molecule has 4 heteroatoms. The first-order valence-corrected chi connectivity index (χ1v) is 4.78. The van der Waals surface area contributed by atoms with Gasteiger partial charge in [0.1, 0.15) is 17.5 Å². The summed E-state index contributed by atoms with van der Waals surface area (Å²) in [4.78, 5) is 11.3. The Kier molecular flexibility index (Phi) is 4.12. The molecule has 0 saturated heterocycles. The van der Waals surface area contributed by atoms with Gasteiger partial charge in [0.05, 0.1) is 7.11 Å². The Bertz CT molecular complexity index is 321. The van der Waals surface area contributed by atoms with Crippen LogP contribution in [0.4, 0.5) is 0 Å². The predicted octanol–water partition coefficient (Wildman–Crippen LogP) is 1.34. The molecule has 1 aromatic rings. The van der Waals surface area contributed by atoms with Crippen LogP contribution in [0.3, 0.4) is 0 Å². The van der Waals surface area contributed by atoms with Crippen molar-refractivity contribution >= 4 is 5.97 Å². The molecular weight excluding hydrogens is 194 g/mol. The number of hydrogen-bond acceptors (Lipinski definition) is 4. The minimum absolute atomic E-state index is 0.414. The number of esters is 1. The molecule has 1 aromatic carbocycles. The van der Waals surface area contributed by atoms with Crippen LogP contribution < -0.4 is 15.2 Å². The van der Waals surface area contributed by atoms with Gasteiger partial charge in [0.25, 0.3) is 0 Å². The molecule has 4 nitrogen and oxygen atoms in total. The van der Waals surface area contributed by atoms with Crippen LogP contribution in [0.25, 0.3) is 0 Å². The Morgan fingerprint density at radius 3 is 2.33 bits per heavy atom. The highest BCUT2D eigenvalue weighted by Crippen LogP contribution is 2.17. The first-order valence-electron chi connectivity index (χ1n) is 4.78. The van der Waals surface area contributed by atoms with Crippen LogP contribution in [0, 0.1) is 0 Å². The minimum atomic E-state index is -0.563. The van der Waals surface area contributed by atoms with E-state index in [9.17, 15) is 4.79 Å². The van der Waals surface area contributed by atoms with Crippen molar-refractivity contribution in [2.75, 3.05) is 7.11 Å². The second kappa shape index (κ2) is 5.36. The summed E-state index contributed by atoms with van der Waals surface area (Å²) in [6.07, 6.45) is 0.564. The van der Waals surface area contributed by atoms with Crippen LogP contribution in [0.2, 0.25) is 0 Å². The van der Waals surface area contributed by atoms with Crippen molar-refractivity contribution in [2.24, 2.45) is 5.73 Å². The maximum absolute atomic E-state index is 11.3. The summed E-state index contributed by atoms with van der Waals surface area (Å²) >= 11 is 0. The Morgan fingerprint density at radius 1 is 1.33 bits per heavy atom. The van der Waals surface area contributed by atoms with Crippen LogP contribution in [-0.2, 0) is 4.79 Å². The molecule has 1 rings (SSSR count). The zero-order valence-electron chi connectivity index (χ0n) is 8.90. The highest BCUT2D eigenvalue weighted by molar-refractivity contribution is 5.77. The largest absolute Gasteiger partial charge is 0.497 e. The smallest absolute Gasteiger partial charge is 0.328 e. The third-order valence-corrected chi connectivity index (χ3v) is 2.02. The van der Waals surface area contributed by atoms with Gasteiger partial charge in [-0.15, -0.1) is 0 Å². The quantitative estimate of drug-likeness (QED) is 0.600. The summed E-state index contributed by atoms with van der Waals surface area (Å²) in [6, 6.07) is 6.21. The predicted molar refractivity (Wildman–Crippen MR) is 56.9 cm³/mol. The maximum Gasteiger partial charge on any atom is 0.328 e. The van der Waals surface area contributed by atoms with Crippen LogP contribution in [0.15, 0.2) is 24.3 Å². The lowest BCUT2D eigenvalue weighted by atomic mass is 10.2. The molecule has 0 bridgehead atoms. The number of rotatable bonds is 4. The zero-order chi connectivity index (χ0) is 11.3. The molecule has 0 aliphatic carbocycles. The van der Waals surface area contributed by atoms with Crippen molar-refractivity contribution in [3.05, 3.63) is 24.3 Å². The molecule has 82 valence electrons. The van der Waals surface area contributed by atoms with Gasteiger partial charge in [0.15, 0.2) is 0 Å². The van der Waals surface area contributed by atoms with Crippen LogP contribution >= 0.6 is 0 Å². The molecule has 0 amide bonds. The Balaban J connectivity index is 2.61. The molecule has 0 radical (unpaired) electrons. The van der Waals surface area contributed by atoms with Crippen molar-refractivity contribution in [2.45, 2.75) is 19.4 Å². The van der Waals surface area contributed by atoms with E-state index in [1.807, 2.05) is 6.92 Å². The topological polar surface area (TPSA) is 61.6 Å². The van der Waals surface area contributed by atoms with Gasteiger partial charge < -0.3 is 15.2 Å². The normalized spacial score (nSPS) is 11.9. The lowest BCUT2D eigenvalue weighted by Gasteiger charge is -2.09. The summed E-state index contributed by atoms with van der Waals surface area (Å²) in [7, 11) is 1.58. The second-order valence-corrected chi connectivity index (χ2v) is 3.11. The fourth-order valence-corrected chi connectivity index (χ4v) is 1.00. The van der Waals surface area contributed by atoms with Crippen molar-refractivity contribution in [1.29, 1.82) is 0 Å². The Labute approximate surface area is 89.0 Å². The first kappa shape index (κ1) is 11.5. The standard InChI is InChI=1S/C11H15NO3/c1-3-10(12)11(13)15-9-6-4-8(14-2)5-7-9/h4-7,10H,3,12H2,1-2H3. The van der Waals surface area contributed by atoms with Gasteiger partial charge in [0, 0.05) is 0 Å². The molecule has 2 N–H and O–H groups in total. The number of carbonyl (C=O) groups is 1. The molecule has 0 aromatic heterocycles. The summed E-state index contributed by atoms with van der Waals surface area (Å²) in [5, 5.41) is 0. The Hall–Kier alpha value is -1.55. The highest BCUT2D eigenvalue weighted by Gasteiger charge is 2.13. The van der Waals surface area contributed by atoms with E-state index in [1.165, 1.54) is 0 Å². The van der Waals surface area contributed by atoms with Crippen LogP contribution in [-0.4, -0.2) is 19.1 Å². The third kappa shape index (κ3) is 3.25. The van der Waals surface area contributed by atoms with Gasteiger partial charge in [-0.3, -0.25) is 0 Å². The average Bonchev–Trinajstić information content (AvgIpc) is 2.29. The molecule has 15 heavy (non-hydrogen) atoms. The summed E-state index contributed by atoms with van der Waals surface area (Å²) in [5.41, 5.74) is 5.52. The number of ether oxygens (including phenoxy) is 2. The van der Waals surface area contributed by atoms with Gasteiger partial charge >= 0.3 is 5.97 Å². The Morgan fingerprint density at radius 2 is 1.87 bits per heavy atom. The van der Waals surface area contributed by atoms with Crippen molar-refractivity contribution in [1.82, 2.24) is 0 Å². The monoisotopic (exact) mass is 209 g/mol. The lowest BCUT2D eigenvalue weighted by Crippen LogP contribution is -2.33. The molecule has 0 heterocycles. The van der Waals surface area contributed by atoms with Crippen molar-refractivity contribution < 1.29 is 14.3 Å². The number of hydrogen-bond donors (Lipinski definition) is 1. The van der Waals surface area contributed by atoms with E-state index >= 15 is 0 Å². The van der Waals surface area contributed by atoms with E-state index in [0.29, 0.717) is 12.2 Å². The molecule has 0 saturated carbocycles. The molecule has 1 unspecified atom stereocenters. The molecule has 0 aliphatic rings. The fraction of sp³-hybridized carbons (Fsp3) is 0.364. The van der Waals surface area contributed by atoms with Gasteiger partial charge in [-0.2, -0.15) is 0 Å². The number of nitrogens with two attached hydrogens (primary N) is 1. The molecule has 0 fully saturated rings. The summed E-state index contributed by atoms with van der Waals surface area (Å²) in [6.45, 7) is 1.83. The summed E-state index contributed by atoms with van der Waals surface area (Å²) in [5.74, 6) is 0.780. The van der Waals surface area contributed by atoms with Crippen molar-refractivity contribution in [3.63, 3.8) is 0 Å².